The third kappa shape index (κ3) is 5.57. The summed E-state index contributed by atoms with van der Waals surface area (Å²) in [6.07, 6.45) is 0.983. The molecular weight excluding hydrogens is 284 g/mol. The normalized spacial score (nSPS) is 20.4. The van der Waals surface area contributed by atoms with Gasteiger partial charge in [0, 0.05) is 50.3 Å². The van der Waals surface area contributed by atoms with Gasteiger partial charge in [-0.05, 0) is 39.8 Å². The van der Waals surface area contributed by atoms with Gasteiger partial charge in [0.1, 0.15) is 0 Å². The zero-order valence-electron chi connectivity index (χ0n) is 15.3. The van der Waals surface area contributed by atoms with Crippen LogP contribution in [-0.2, 0) is 6.42 Å². The Labute approximate surface area is 142 Å². The maximum atomic E-state index is 6.23. The van der Waals surface area contributed by atoms with Crippen molar-refractivity contribution in [1.29, 1.82) is 0 Å². The number of benzene rings is 1. The number of piperazine rings is 1. The molecule has 3 N–H and O–H groups in total. The van der Waals surface area contributed by atoms with E-state index in [1.54, 1.807) is 0 Å². The maximum absolute atomic E-state index is 6.23. The van der Waals surface area contributed by atoms with Crippen molar-refractivity contribution in [3.63, 3.8) is 0 Å². The second kappa shape index (κ2) is 8.25. The number of likely N-dealkylation sites (N-methyl/N-ethyl adjacent to an activating group) is 1. The summed E-state index contributed by atoms with van der Waals surface area (Å²) < 4.78 is 0. The first-order valence-electron chi connectivity index (χ1n) is 8.85. The van der Waals surface area contributed by atoms with Crippen LogP contribution in [0, 0.1) is 0 Å². The molecule has 2 rings (SSSR count). The molecule has 1 aromatic rings. The predicted octanol–water partition coefficient (Wildman–Crippen LogP) is 1.56. The van der Waals surface area contributed by atoms with Crippen LogP contribution >= 0.6 is 0 Å². The van der Waals surface area contributed by atoms with Crippen molar-refractivity contribution < 1.29 is 0 Å². The van der Waals surface area contributed by atoms with Crippen LogP contribution in [-0.4, -0.2) is 67.2 Å². The maximum Gasteiger partial charge on any atom is 0.0278 e. The van der Waals surface area contributed by atoms with Gasteiger partial charge in [0.2, 0.25) is 0 Å². The Kier molecular flexibility index (Phi) is 6.60. The molecule has 4 heteroatoms. The first kappa shape index (κ1) is 18.4. The molecule has 130 valence electrons. The summed E-state index contributed by atoms with van der Waals surface area (Å²) in [6, 6.07) is 11.1. The largest absolute Gasteiger partial charge is 0.327 e. The smallest absolute Gasteiger partial charge is 0.0278 e. The summed E-state index contributed by atoms with van der Waals surface area (Å²) in [6.45, 7) is 12.4. The Morgan fingerprint density at radius 2 is 1.74 bits per heavy atom. The Morgan fingerprint density at radius 3 is 2.30 bits per heavy atom. The Bertz CT molecular complexity index is 450. The van der Waals surface area contributed by atoms with E-state index in [9.17, 15) is 0 Å². The van der Waals surface area contributed by atoms with Gasteiger partial charge in [-0.3, -0.25) is 4.90 Å². The minimum Gasteiger partial charge on any atom is -0.327 e. The van der Waals surface area contributed by atoms with Gasteiger partial charge in [-0.25, -0.2) is 0 Å². The molecule has 1 aromatic carbocycles. The van der Waals surface area contributed by atoms with E-state index in [-0.39, 0.29) is 11.6 Å². The van der Waals surface area contributed by atoms with Crippen molar-refractivity contribution in [3.05, 3.63) is 35.9 Å². The fourth-order valence-electron chi connectivity index (χ4n) is 3.22. The minimum absolute atomic E-state index is 0.137. The van der Waals surface area contributed by atoms with Crippen LogP contribution in [0.4, 0.5) is 0 Å². The Hall–Kier alpha value is -0.940. The quantitative estimate of drug-likeness (QED) is 0.801. The molecule has 1 fully saturated rings. The lowest BCUT2D eigenvalue weighted by atomic mass is 9.97. The number of nitrogens with zero attached hydrogens (tertiary/aromatic N) is 2. The molecule has 0 amide bonds. The lowest BCUT2D eigenvalue weighted by Gasteiger charge is -2.44. The molecule has 2 atom stereocenters. The van der Waals surface area contributed by atoms with Crippen LogP contribution < -0.4 is 11.1 Å². The van der Waals surface area contributed by atoms with Crippen LogP contribution in [0.5, 0.6) is 0 Å². The monoisotopic (exact) mass is 318 g/mol. The van der Waals surface area contributed by atoms with Crippen LogP contribution in [0.2, 0.25) is 0 Å². The molecular formula is C19H34N4. The van der Waals surface area contributed by atoms with E-state index in [0.717, 1.165) is 39.1 Å². The highest BCUT2D eigenvalue weighted by Crippen LogP contribution is 2.16. The van der Waals surface area contributed by atoms with Gasteiger partial charge in [0.25, 0.3) is 0 Å². The average molecular weight is 319 g/mol. The van der Waals surface area contributed by atoms with Crippen molar-refractivity contribution in [3.8, 4) is 0 Å². The molecule has 1 aliphatic heterocycles. The molecule has 1 heterocycles. The fourth-order valence-corrected chi connectivity index (χ4v) is 3.22. The summed E-state index contributed by atoms with van der Waals surface area (Å²) in [5.74, 6) is 0. The molecule has 0 saturated carbocycles. The molecule has 4 nitrogen and oxygen atoms in total. The van der Waals surface area contributed by atoms with Gasteiger partial charge in [-0.15, -0.1) is 0 Å². The van der Waals surface area contributed by atoms with E-state index in [1.807, 2.05) is 0 Å². The topological polar surface area (TPSA) is 44.5 Å². The predicted molar refractivity (Wildman–Crippen MR) is 98.7 cm³/mol. The SMILES string of the molecule is CC(N)C(Cc1ccccc1)NCC(C)(C)N1CCN(C)CC1. The molecule has 0 aliphatic carbocycles. The van der Waals surface area contributed by atoms with E-state index in [4.69, 9.17) is 5.73 Å². The van der Waals surface area contributed by atoms with Crippen molar-refractivity contribution in [2.24, 2.45) is 5.73 Å². The average Bonchev–Trinajstić information content (AvgIpc) is 2.52. The highest BCUT2D eigenvalue weighted by Gasteiger charge is 2.30. The van der Waals surface area contributed by atoms with E-state index >= 15 is 0 Å². The third-order valence-corrected chi connectivity index (χ3v) is 5.09. The summed E-state index contributed by atoms with van der Waals surface area (Å²) in [7, 11) is 2.20. The third-order valence-electron chi connectivity index (χ3n) is 5.09. The zero-order chi connectivity index (χ0) is 16.9. The van der Waals surface area contributed by atoms with E-state index in [2.05, 4.69) is 73.3 Å². The summed E-state index contributed by atoms with van der Waals surface area (Å²) >= 11 is 0. The summed E-state index contributed by atoms with van der Waals surface area (Å²) in [5, 5.41) is 3.74. The highest BCUT2D eigenvalue weighted by atomic mass is 15.3. The number of hydrogen-bond acceptors (Lipinski definition) is 4. The second-order valence-electron chi connectivity index (χ2n) is 7.64. The summed E-state index contributed by atoms with van der Waals surface area (Å²) in [5.41, 5.74) is 7.73. The number of hydrogen-bond donors (Lipinski definition) is 2. The van der Waals surface area contributed by atoms with Crippen LogP contribution in [0.25, 0.3) is 0 Å². The number of nitrogens with one attached hydrogen (secondary N) is 1. The molecule has 0 bridgehead atoms. The zero-order valence-corrected chi connectivity index (χ0v) is 15.3. The first-order chi connectivity index (χ1) is 10.9. The van der Waals surface area contributed by atoms with Crippen molar-refractivity contribution >= 4 is 0 Å². The van der Waals surface area contributed by atoms with Crippen molar-refractivity contribution in [1.82, 2.24) is 15.1 Å². The van der Waals surface area contributed by atoms with Gasteiger partial charge in [0.05, 0.1) is 0 Å². The second-order valence-corrected chi connectivity index (χ2v) is 7.64. The first-order valence-corrected chi connectivity index (χ1v) is 8.85. The highest BCUT2D eigenvalue weighted by molar-refractivity contribution is 5.16. The lowest BCUT2D eigenvalue weighted by Crippen LogP contribution is -2.59. The van der Waals surface area contributed by atoms with Crippen LogP contribution in [0.1, 0.15) is 26.3 Å². The van der Waals surface area contributed by atoms with Gasteiger partial charge < -0.3 is 16.0 Å². The van der Waals surface area contributed by atoms with Crippen molar-refractivity contribution in [2.75, 3.05) is 39.8 Å². The number of nitrogens with two attached hydrogens (primary N) is 1. The van der Waals surface area contributed by atoms with E-state index in [1.165, 1.54) is 5.56 Å². The van der Waals surface area contributed by atoms with Crippen LogP contribution in [0.3, 0.4) is 0 Å². The Balaban J connectivity index is 1.90. The van der Waals surface area contributed by atoms with Gasteiger partial charge in [-0.2, -0.15) is 0 Å². The molecule has 0 spiro atoms. The molecule has 0 radical (unpaired) electrons. The van der Waals surface area contributed by atoms with E-state index < -0.39 is 0 Å². The number of rotatable bonds is 7. The van der Waals surface area contributed by atoms with Crippen molar-refractivity contribution in [2.45, 2.75) is 44.8 Å². The molecule has 1 saturated heterocycles. The standard InChI is InChI=1S/C19H34N4/c1-16(20)18(14-17-8-6-5-7-9-17)21-15-19(2,3)23-12-10-22(4)11-13-23/h5-9,16,18,21H,10-15,20H2,1-4H3. The van der Waals surface area contributed by atoms with E-state index in [0.29, 0.717) is 6.04 Å². The summed E-state index contributed by atoms with van der Waals surface area (Å²) in [4.78, 5) is 5.00. The molecule has 2 unspecified atom stereocenters. The minimum atomic E-state index is 0.137. The molecule has 23 heavy (non-hydrogen) atoms. The lowest BCUT2D eigenvalue weighted by molar-refractivity contribution is 0.0596. The molecule has 0 aromatic heterocycles. The van der Waals surface area contributed by atoms with Gasteiger partial charge in [-0.1, -0.05) is 30.3 Å². The van der Waals surface area contributed by atoms with Gasteiger partial charge in [0.15, 0.2) is 0 Å². The van der Waals surface area contributed by atoms with Gasteiger partial charge >= 0.3 is 0 Å². The fraction of sp³-hybridized carbons (Fsp3) is 0.684. The van der Waals surface area contributed by atoms with Crippen LogP contribution in [0.15, 0.2) is 30.3 Å². The Morgan fingerprint density at radius 1 is 1.13 bits per heavy atom. The molecule has 1 aliphatic rings.